The maximum absolute atomic E-state index is 12.4. The summed E-state index contributed by atoms with van der Waals surface area (Å²) in [5, 5.41) is 0. The van der Waals surface area contributed by atoms with Crippen LogP contribution in [0.25, 0.3) is 0 Å². The van der Waals surface area contributed by atoms with Gasteiger partial charge in [-0.3, -0.25) is 4.79 Å². The first kappa shape index (κ1) is 13.8. The number of hydrogen-bond acceptors (Lipinski definition) is 1. The third kappa shape index (κ3) is 2.70. The quantitative estimate of drug-likeness (QED) is 0.470. The maximum Gasteiger partial charge on any atom is 0.181 e. The standard InChI is InChI=1S/C17H13O.Fe/c18-17(14-9-2-1-3-10-14)16-12-6-11-15(16)13-7-4-5-8-13;/h1-4,6-7,9-10,12H,5,11H2;/q-1;. The predicted octanol–water partition coefficient (Wildman–Crippen LogP) is 3.81. The molecular weight excluding hydrogens is 276 g/mol. The van der Waals surface area contributed by atoms with Crippen LogP contribution in [0.1, 0.15) is 23.2 Å². The van der Waals surface area contributed by atoms with Gasteiger partial charge in [0.2, 0.25) is 0 Å². The zero-order valence-corrected chi connectivity index (χ0v) is 11.5. The molecule has 0 aromatic heterocycles. The molecule has 0 aliphatic heterocycles. The molecule has 0 heterocycles. The summed E-state index contributed by atoms with van der Waals surface area (Å²) in [4.78, 5) is 12.4. The molecule has 2 aliphatic rings. The Hall–Kier alpha value is -1.63. The summed E-state index contributed by atoms with van der Waals surface area (Å²) in [6.07, 6.45) is 13.1. The molecule has 1 aromatic rings. The Kier molecular flexibility index (Phi) is 4.36. The van der Waals surface area contributed by atoms with Crippen molar-refractivity contribution in [2.45, 2.75) is 12.8 Å². The van der Waals surface area contributed by atoms with Crippen LogP contribution in [0.5, 0.6) is 0 Å². The molecule has 0 radical (unpaired) electrons. The van der Waals surface area contributed by atoms with Crippen LogP contribution >= 0.6 is 0 Å². The summed E-state index contributed by atoms with van der Waals surface area (Å²) >= 11 is 0. The van der Waals surface area contributed by atoms with Crippen molar-refractivity contribution < 1.29 is 21.9 Å². The van der Waals surface area contributed by atoms with Crippen LogP contribution in [0, 0.1) is 6.08 Å². The van der Waals surface area contributed by atoms with Crippen LogP contribution in [0.15, 0.2) is 71.4 Å². The second-order valence-electron chi connectivity index (χ2n) is 4.39. The maximum atomic E-state index is 12.4. The Bertz CT molecular complexity index is 603. The molecule has 0 N–H and O–H groups in total. The number of benzene rings is 1. The summed E-state index contributed by atoms with van der Waals surface area (Å²) < 4.78 is 0. The van der Waals surface area contributed by atoms with E-state index in [-0.39, 0.29) is 22.9 Å². The molecular formula is C17H13FeO-. The monoisotopic (exact) mass is 289 g/mol. The SMILES string of the molecule is O=C(C1=C(C2=[C-]CC=C2)CC=C1)c1ccccc1.[Fe]. The number of Topliss-reactive ketones (excluding diaryl/α,β-unsaturated/α-hetero) is 1. The van der Waals surface area contributed by atoms with Gasteiger partial charge in [-0.05, 0) is 5.57 Å². The Morgan fingerprint density at radius 1 is 1.05 bits per heavy atom. The van der Waals surface area contributed by atoms with Crippen molar-refractivity contribution >= 4 is 5.78 Å². The first-order valence-electron chi connectivity index (χ1n) is 6.13. The molecule has 0 unspecified atom stereocenters. The Morgan fingerprint density at radius 3 is 2.53 bits per heavy atom. The molecule has 0 atom stereocenters. The summed E-state index contributed by atoms with van der Waals surface area (Å²) in [6.45, 7) is 0. The summed E-state index contributed by atoms with van der Waals surface area (Å²) in [5.74, 6) is 0.106. The number of carbonyl (C=O) groups excluding carboxylic acids is 1. The van der Waals surface area contributed by atoms with Crippen LogP contribution in [0.4, 0.5) is 0 Å². The Morgan fingerprint density at radius 2 is 1.84 bits per heavy atom. The van der Waals surface area contributed by atoms with Crippen molar-refractivity contribution in [3.05, 3.63) is 83.0 Å². The zero-order chi connectivity index (χ0) is 12.4. The van der Waals surface area contributed by atoms with Crippen LogP contribution in [0.3, 0.4) is 0 Å². The van der Waals surface area contributed by atoms with Gasteiger partial charge in [-0.15, -0.1) is 11.6 Å². The molecule has 19 heavy (non-hydrogen) atoms. The molecule has 0 fully saturated rings. The second kappa shape index (κ2) is 6.01. The molecule has 1 nitrogen and oxygen atoms in total. The minimum atomic E-state index is 0. The fourth-order valence-electron chi connectivity index (χ4n) is 2.33. The molecule has 1 aromatic carbocycles. The number of ketones is 1. The van der Waals surface area contributed by atoms with Crippen molar-refractivity contribution in [2.24, 2.45) is 0 Å². The van der Waals surface area contributed by atoms with Gasteiger partial charge in [0.15, 0.2) is 5.78 Å². The average molecular weight is 289 g/mol. The molecule has 2 heteroatoms. The fraction of sp³-hybridized carbons (Fsp3) is 0.118. The van der Waals surface area contributed by atoms with E-state index in [0.29, 0.717) is 0 Å². The smallest absolute Gasteiger partial charge is 0.181 e. The topological polar surface area (TPSA) is 17.1 Å². The number of allylic oxidation sites excluding steroid dienone is 8. The van der Waals surface area contributed by atoms with Gasteiger partial charge in [0, 0.05) is 22.6 Å². The van der Waals surface area contributed by atoms with Crippen LogP contribution in [-0.2, 0) is 17.1 Å². The van der Waals surface area contributed by atoms with Crippen molar-refractivity contribution in [1.82, 2.24) is 0 Å². The van der Waals surface area contributed by atoms with Crippen molar-refractivity contribution in [3.8, 4) is 0 Å². The van der Waals surface area contributed by atoms with Gasteiger partial charge in [0.1, 0.15) is 0 Å². The number of carbonyl (C=O) groups is 1. The molecule has 0 saturated heterocycles. The third-order valence-corrected chi connectivity index (χ3v) is 3.23. The van der Waals surface area contributed by atoms with Gasteiger partial charge in [0.05, 0.1) is 0 Å². The number of rotatable bonds is 3. The Labute approximate surface area is 123 Å². The first-order chi connectivity index (χ1) is 8.86. The van der Waals surface area contributed by atoms with Crippen molar-refractivity contribution in [3.63, 3.8) is 0 Å². The number of hydrogen-bond donors (Lipinski definition) is 0. The van der Waals surface area contributed by atoms with E-state index in [1.165, 1.54) is 0 Å². The summed E-state index contributed by atoms with van der Waals surface area (Å²) in [6, 6.07) is 9.44. The molecule has 0 bridgehead atoms. The predicted molar refractivity (Wildman–Crippen MR) is 72.1 cm³/mol. The van der Waals surface area contributed by atoms with E-state index in [0.717, 1.165) is 35.1 Å². The van der Waals surface area contributed by atoms with Crippen molar-refractivity contribution in [1.29, 1.82) is 0 Å². The first-order valence-corrected chi connectivity index (χ1v) is 6.13. The van der Waals surface area contributed by atoms with Crippen LogP contribution in [-0.4, -0.2) is 5.78 Å². The fourth-order valence-corrected chi connectivity index (χ4v) is 2.33. The van der Waals surface area contributed by atoms with E-state index in [2.05, 4.69) is 18.2 Å². The largest absolute Gasteiger partial charge is 0.290 e. The molecule has 3 rings (SSSR count). The molecule has 0 amide bonds. The van der Waals surface area contributed by atoms with Crippen LogP contribution < -0.4 is 0 Å². The van der Waals surface area contributed by atoms with Gasteiger partial charge in [-0.2, -0.15) is 17.7 Å². The molecule has 0 spiro atoms. The van der Waals surface area contributed by atoms with E-state index in [9.17, 15) is 4.79 Å². The zero-order valence-electron chi connectivity index (χ0n) is 10.4. The van der Waals surface area contributed by atoms with E-state index >= 15 is 0 Å². The van der Waals surface area contributed by atoms with Gasteiger partial charge in [0.25, 0.3) is 0 Å². The molecule has 0 saturated carbocycles. The van der Waals surface area contributed by atoms with Gasteiger partial charge >= 0.3 is 0 Å². The Balaban J connectivity index is 0.00000133. The molecule has 2 aliphatic carbocycles. The van der Waals surface area contributed by atoms with Crippen molar-refractivity contribution in [2.75, 3.05) is 0 Å². The van der Waals surface area contributed by atoms with Gasteiger partial charge in [-0.25, -0.2) is 0 Å². The van der Waals surface area contributed by atoms with E-state index < -0.39 is 0 Å². The van der Waals surface area contributed by atoms with Crippen LogP contribution in [0.2, 0.25) is 0 Å². The van der Waals surface area contributed by atoms with Gasteiger partial charge < -0.3 is 0 Å². The minimum absolute atomic E-state index is 0. The third-order valence-electron chi connectivity index (χ3n) is 3.23. The molecule has 96 valence electrons. The second-order valence-corrected chi connectivity index (χ2v) is 4.39. The van der Waals surface area contributed by atoms with Gasteiger partial charge in [-0.1, -0.05) is 55.3 Å². The van der Waals surface area contributed by atoms with E-state index in [1.54, 1.807) is 0 Å². The summed E-state index contributed by atoms with van der Waals surface area (Å²) in [7, 11) is 0. The van der Waals surface area contributed by atoms with E-state index in [1.807, 2.05) is 42.5 Å². The average Bonchev–Trinajstić information content (AvgIpc) is 3.09. The normalized spacial score (nSPS) is 16.5. The summed E-state index contributed by atoms with van der Waals surface area (Å²) in [5.41, 5.74) is 3.76. The minimum Gasteiger partial charge on any atom is -0.290 e. The van der Waals surface area contributed by atoms with E-state index in [4.69, 9.17) is 0 Å².